The Balaban J connectivity index is 0.000000167. The van der Waals surface area contributed by atoms with Crippen LogP contribution in [0, 0.1) is 40.5 Å². The number of hydrogen-bond donors (Lipinski definition) is 0. The zero-order valence-electron chi connectivity index (χ0n) is 53.7. The summed E-state index contributed by atoms with van der Waals surface area (Å²) < 4.78 is 0. The van der Waals surface area contributed by atoms with Crippen LogP contribution in [0.25, 0.3) is 49.7 Å². The van der Waals surface area contributed by atoms with E-state index in [0.717, 1.165) is 5.92 Å². The SMILES string of the molecule is C=C/C(=C(\C=C/C)C1CCC1)c1ccc(CCC)cc1C.CCC(C)c1ccccc1.Cc1ccc2c(c1)C(c1ccc(-c3ccccc3)cc1)(c1ccc(-c3ccccc3)cc1)c1cc(C)c3ccccc3c1-2.Cc1ccccc1.Cc1ccccc1. The molecule has 0 radical (unpaired) electrons. The molecule has 1 unspecified atom stereocenters. The minimum Gasteiger partial charge on any atom is -0.0984 e. The molecule has 13 rings (SSSR count). The molecule has 0 nitrogen and oxygen atoms in total. The van der Waals surface area contributed by atoms with Gasteiger partial charge in [0.15, 0.2) is 0 Å². The summed E-state index contributed by atoms with van der Waals surface area (Å²) in [6.07, 6.45) is 14.1. The van der Waals surface area contributed by atoms with Gasteiger partial charge < -0.3 is 0 Å². The zero-order valence-corrected chi connectivity index (χ0v) is 53.7. The average Bonchev–Trinajstić information content (AvgIpc) is 1.52. The Morgan fingerprint density at radius 2 is 0.977 bits per heavy atom. The lowest BCUT2D eigenvalue weighted by atomic mass is 9.67. The second-order valence-corrected chi connectivity index (χ2v) is 24.0. The molecule has 0 spiro atoms. The molecule has 11 aromatic carbocycles. The molecule has 11 aromatic rings. The van der Waals surface area contributed by atoms with Crippen molar-refractivity contribution in [1.29, 1.82) is 0 Å². The lowest BCUT2D eigenvalue weighted by Gasteiger charge is -2.34. The molecule has 88 heavy (non-hydrogen) atoms. The lowest BCUT2D eigenvalue weighted by Crippen LogP contribution is -2.28. The number of benzene rings is 11. The topological polar surface area (TPSA) is 0 Å². The van der Waals surface area contributed by atoms with Crippen molar-refractivity contribution in [2.45, 2.75) is 112 Å². The first-order chi connectivity index (χ1) is 43.0. The van der Waals surface area contributed by atoms with E-state index in [2.05, 4.69) is 318 Å². The van der Waals surface area contributed by atoms with Gasteiger partial charge >= 0.3 is 0 Å². The maximum absolute atomic E-state index is 4.09. The van der Waals surface area contributed by atoms with Crippen LogP contribution in [0.2, 0.25) is 0 Å². The third kappa shape index (κ3) is 15.0. The van der Waals surface area contributed by atoms with Gasteiger partial charge in [0.2, 0.25) is 0 Å². The highest BCUT2D eigenvalue weighted by atomic mass is 14.5. The average molecular weight is 1150 g/mol. The molecule has 0 bridgehead atoms. The van der Waals surface area contributed by atoms with E-state index in [1.54, 1.807) is 0 Å². The van der Waals surface area contributed by atoms with E-state index in [1.807, 2.05) is 36.4 Å². The summed E-state index contributed by atoms with van der Waals surface area (Å²) in [7, 11) is 0. The number of hydrogen-bond acceptors (Lipinski definition) is 0. The second kappa shape index (κ2) is 31.0. The van der Waals surface area contributed by atoms with Gasteiger partial charge in [-0.3, -0.25) is 0 Å². The van der Waals surface area contributed by atoms with E-state index in [1.165, 1.54) is 161 Å². The molecule has 0 saturated heterocycles. The van der Waals surface area contributed by atoms with E-state index in [0.29, 0.717) is 5.92 Å². The summed E-state index contributed by atoms with van der Waals surface area (Å²) in [6.45, 7) is 23.8. The van der Waals surface area contributed by atoms with Crippen LogP contribution >= 0.6 is 0 Å². The Labute approximate surface area is 528 Å². The van der Waals surface area contributed by atoms with Gasteiger partial charge in [0.05, 0.1) is 5.41 Å². The predicted octanol–water partition coefficient (Wildman–Crippen LogP) is 24.6. The highest BCUT2D eigenvalue weighted by Gasteiger charge is 2.47. The molecule has 0 amide bonds. The normalized spacial score (nSPS) is 13.2. The Morgan fingerprint density at radius 3 is 1.42 bits per heavy atom. The fourth-order valence-corrected chi connectivity index (χ4v) is 12.6. The molecule has 0 heterocycles. The predicted molar refractivity (Wildman–Crippen MR) is 384 cm³/mol. The van der Waals surface area contributed by atoms with Crippen LogP contribution in [0.5, 0.6) is 0 Å². The lowest BCUT2D eigenvalue weighted by molar-refractivity contribution is 0.375. The molecular weight excluding hydrogens is 1060 g/mol. The summed E-state index contributed by atoms with van der Waals surface area (Å²) in [5.74, 6) is 1.44. The quantitative estimate of drug-likeness (QED) is 0.107. The van der Waals surface area contributed by atoms with Crippen molar-refractivity contribution in [2.24, 2.45) is 5.92 Å². The van der Waals surface area contributed by atoms with Gasteiger partial charge in [-0.15, -0.1) is 0 Å². The largest absolute Gasteiger partial charge is 0.0984 e. The van der Waals surface area contributed by atoms with Crippen LogP contribution in [0.1, 0.15) is 132 Å². The van der Waals surface area contributed by atoms with Crippen LogP contribution in [0.3, 0.4) is 0 Å². The minimum atomic E-state index is -0.448. The Kier molecular flexibility index (Phi) is 22.3. The molecule has 1 fully saturated rings. The van der Waals surface area contributed by atoms with Gasteiger partial charge in [0, 0.05) is 0 Å². The molecule has 0 aliphatic heterocycles. The van der Waals surface area contributed by atoms with E-state index < -0.39 is 5.41 Å². The molecule has 2 aliphatic carbocycles. The van der Waals surface area contributed by atoms with Crippen molar-refractivity contribution in [3.05, 3.63) is 364 Å². The van der Waals surface area contributed by atoms with Gasteiger partial charge in [-0.25, -0.2) is 0 Å². The second-order valence-electron chi connectivity index (χ2n) is 24.0. The highest BCUT2D eigenvalue weighted by molar-refractivity contribution is 6.05. The smallest absolute Gasteiger partial charge is 0.0713 e. The third-order valence-electron chi connectivity index (χ3n) is 17.7. The van der Waals surface area contributed by atoms with E-state index in [4.69, 9.17) is 0 Å². The number of fused-ring (bicyclic) bond motifs is 5. The fraction of sp³-hybridized carbons (Fsp3) is 0.205. The summed E-state index contributed by atoms with van der Waals surface area (Å²) in [5, 5.41) is 2.65. The Bertz CT molecular complexity index is 3910. The maximum atomic E-state index is 4.09. The highest BCUT2D eigenvalue weighted by Crippen LogP contribution is 2.58. The van der Waals surface area contributed by atoms with Gasteiger partial charge in [-0.2, -0.15) is 0 Å². The Morgan fingerprint density at radius 1 is 0.489 bits per heavy atom. The molecule has 2 aliphatic rings. The molecule has 0 aromatic heterocycles. The molecule has 1 saturated carbocycles. The molecule has 0 heteroatoms. The summed E-state index contributed by atoms with van der Waals surface area (Å²) in [6, 6.07) is 96.5. The van der Waals surface area contributed by atoms with Crippen LogP contribution in [0.4, 0.5) is 0 Å². The monoisotopic (exact) mass is 1150 g/mol. The van der Waals surface area contributed by atoms with Crippen LogP contribution < -0.4 is 0 Å². The standard InChI is InChI=1S/C43H32.C21H28.C10H14.2C7H8/c1-29-17-26-39-40(27-29)43(35-22-18-33(19-23-35)31-11-5-3-6-12-31,36-24-20-34(21-25-36)32-13-7-4-8-14-32)41-28-30(2)37-15-9-10-16-38(37)42(39)41;1-5-9-17-13-14-20(16(4)15-17)19(7-3)21(10-6-2)18-11-8-12-18;1-3-9(2)10-7-5-4-6-8-10;2*1-7-5-3-2-4-6-7/h3-28H,1-2H3;6-7,10,13-15,18H,3,5,8-9,11-12H2,1-2,4H3;4-9H,3H2,1-2H3;2*2-6H,1H3/b;10-6-,21-19-;;;. The van der Waals surface area contributed by atoms with Crippen LogP contribution in [-0.4, -0.2) is 0 Å². The zero-order chi connectivity index (χ0) is 61.8. The first kappa shape index (κ1) is 63.4. The summed E-state index contributed by atoms with van der Waals surface area (Å²) >= 11 is 0. The number of rotatable bonds is 12. The summed E-state index contributed by atoms with van der Waals surface area (Å²) in [5.41, 5.74) is 26.1. The van der Waals surface area contributed by atoms with Gasteiger partial charge in [-0.05, 0) is 184 Å². The molecular formula is C88H90. The summed E-state index contributed by atoms with van der Waals surface area (Å²) in [4.78, 5) is 0. The number of allylic oxidation sites excluding steroid dienone is 5. The van der Waals surface area contributed by atoms with Crippen LogP contribution in [0.15, 0.2) is 297 Å². The number of aryl methyl sites for hydroxylation is 6. The Hall–Kier alpha value is -9.10. The molecule has 1 atom stereocenters. The fourth-order valence-electron chi connectivity index (χ4n) is 12.6. The van der Waals surface area contributed by atoms with Crippen molar-refractivity contribution in [2.75, 3.05) is 0 Å². The van der Waals surface area contributed by atoms with E-state index >= 15 is 0 Å². The van der Waals surface area contributed by atoms with Crippen molar-refractivity contribution in [3.63, 3.8) is 0 Å². The van der Waals surface area contributed by atoms with Crippen LogP contribution in [-0.2, 0) is 11.8 Å². The first-order valence-electron chi connectivity index (χ1n) is 32.1. The van der Waals surface area contributed by atoms with E-state index in [9.17, 15) is 0 Å². The van der Waals surface area contributed by atoms with Crippen molar-refractivity contribution < 1.29 is 0 Å². The molecule has 0 N–H and O–H groups in total. The van der Waals surface area contributed by atoms with Crippen molar-refractivity contribution in [1.82, 2.24) is 0 Å². The van der Waals surface area contributed by atoms with E-state index in [-0.39, 0.29) is 0 Å². The van der Waals surface area contributed by atoms with Gasteiger partial charge in [-0.1, -0.05) is 342 Å². The van der Waals surface area contributed by atoms with Gasteiger partial charge in [0.1, 0.15) is 0 Å². The first-order valence-corrected chi connectivity index (χ1v) is 32.1. The van der Waals surface area contributed by atoms with Gasteiger partial charge in [0.25, 0.3) is 0 Å². The minimum absolute atomic E-state index is 0.448. The third-order valence-corrected chi connectivity index (χ3v) is 17.7. The van der Waals surface area contributed by atoms with Crippen molar-refractivity contribution >= 4 is 16.3 Å². The maximum Gasteiger partial charge on any atom is 0.0713 e. The van der Waals surface area contributed by atoms with Crippen molar-refractivity contribution in [3.8, 4) is 33.4 Å². The molecule has 442 valence electrons.